The molecular weight excluding hydrogens is 324 g/mol. The number of aliphatic hydroxyl groups is 1. The molecule has 3 N–H and O–H groups in total. The van der Waals surface area contributed by atoms with Crippen molar-refractivity contribution in [2.75, 3.05) is 0 Å². The highest BCUT2D eigenvalue weighted by molar-refractivity contribution is 5.94. The molecule has 8 nitrogen and oxygen atoms in total. The van der Waals surface area contributed by atoms with E-state index in [9.17, 15) is 4.79 Å². The van der Waals surface area contributed by atoms with E-state index >= 15 is 0 Å². The van der Waals surface area contributed by atoms with E-state index in [1.54, 1.807) is 0 Å². The van der Waals surface area contributed by atoms with Gasteiger partial charge in [-0.1, -0.05) is 40.6 Å². The maximum Gasteiger partial charge on any atom is 0.271 e. The van der Waals surface area contributed by atoms with Gasteiger partial charge in [-0.15, -0.1) is 0 Å². The lowest BCUT2D eigenvalue weighted by atomic mass is 9.70. The van der Waals surface area contributed by atoms with Gasteiger partial charge in [0.25, 0.3) is 5.91 Å². The molecule has 2 heterocycles. The Morgan fingerprint density at radius 2 is 1.92 bits per heavy atom. The maximum atomic E-state index is 11.7. The number of nitrogens with two attached hydrogens (primary N) is 1. The second kappa shape index (κ2) is 6.14. The minimum atomic E-state index is -0.607. The Morgan fingerprint density at radius 3 is 2.56 bits per heavy atom. The molecule has 1 amide bonds. The Balaban J connectivity index is 1.62. The molecular formula is C17H16N4O4. The van der Waals surface area contributed by atoms with Crippen LogP contribution in [0.5, 0.6) is 0 Å². The zero-order valence-electron chi connectivity index (χ0n) is 13.3. The van der Waals surface area contributed by atoms with E-state index in [-0.39, 0.29) is 30.0 Å². The average Bonchev–Trinajstić information content (AvgIpc) is 3.22. The monoisotopic (exact) mass is 340 g/mol. The Hall–Kier alpha value is -3.00. The third-order valence-corrected chi connectivity index (χ3v) is 4.52. The summed E-state index contributed by atoms with van der Waals surface area (Å²) in [5.74, 6) is 0.879. The Bertz CT molecular complexity index is 897. The molecule has 4 rings (SSSR count). The first-order valence-corrected chi connectivity index (χ1v) is 7.95. The standard InChI is InChI=1S/C17H16N4O4/c18-16(23)14-13(15(24-21-14)9-4-2-1-3-5-9)10-6-11(7-10)17-19-12(8-22)20-25-17/h1-5,10-11,22H,6-8H2,(H2,18,23). The van der Waals surface area contributed by atoms with Crippen LogP contribution < -0.4 is 5.73 Å². The van der Waals surface area contributed by atoms with E-state index in [2.05, 4.69) is 15.3 Å². The van der Waals surface area contributed by atoms with E-state index in [0.29, 0.717) is 24.5 Å². The van der Waals surface area contributed by atoms with Crippen molar-refractivity contribution in [1.82, 2.24) is 15.3 Å². The second-order valence-electron chi connectivity index (χ2n) is 6.08. The molecule has 2 aromatic heterocycles. The summed E-state index contributed by atoms with van der Waals surface area (Å²) >= 11 is 0. The molecule has 0 aliphatic heterocycles. The number of carbonyl (C=O) groups excluding carboxylic acids is 1. The third-order valence-electron chi connectivity index (χ3n) is 4.52. The SMILES string of the molecule is NC(=O)c1noc(-c2ccccc2)c1C1CC(c2nc(CO)no2)C1. The number of aromatic nitrogens is 3. The number of primary amides is 1. The molecule has 3 aromatic rings. The zero-order chi connectivity index (χ0) is 17.4. The predicted molar refractivity (Wildman–Crippen MR) is 85.4 cm³/mol. The minimum Gasteiger partial charge on any atom is -0.388 e. The van der Waals surface area contributed by atoms with Crippen molar-refractivity contribution in [2.24, 2.45) is 5.73 Å². The number of nitrogens with zero attached hydrogens (tertiary/aromatic N) is 3. The molecule has 1 aliphatic carbocycles. The van der Waals surface area contributed by atoms with Gasteiger partial charge >= 0.3 is 0 Å². The van der Waals surface area contributed by atoms with Gasteiger partial charge in [-0.05, 0) is 18.8 Å². The molecule has 25 heavy (non-hydrogen) atoms. The van der Waals surface area contributed by atoms with Gasteiger partial charge < -0.3 is 19.9 Å². The van der Waals surface area contributed by atoms with Crippen LogP contribution in [0.25, 0.3) is 11.3 Å². The fourth-order valence-electron chi connectivity index (χ4n) is 3.20. The molecule has 0 radical (unpaired) electrons. The molecule has 1 aromatic carbocycles. The molecule has 0 spiro atoms. The van der Waals surface area contributed by atoms with Gasteiger partial charge in [-0.2, -0.15) is 4.98 Å². The van der Waals surface area contributed by atoms with Crippen LogP contribution in [0, 0.1) is 0 Å². The number of benzene rings is 1. The van der Waals surface area contributed by atoms with Crippen molar-refractivity contribution in [3.8, 4) is 11.3 Å². The van der Waals surface area contributed by atoms with Crippen molar-refractivity contribution >= 4 is 5.91 Å². The zero-order valence-corrected chi connectivity index (χ0v) is 13.3. The first kappa shape index (κ1) is 15.5. The van der Waals surface area contributed by atoms with Crippen molar-refractivity contribution < 1.29 is 18.9 Å². The highest BCUT2D eigenvalue weighted by Gasteiger charge is 2.40. The van der Waals surface area contributed by atoms with E-state index in [0.717, 1.165) is 11.1 Å². The summed E-state index contributed by atoms with van der Waals surface area (Å²) in [6.07, 6.45) is 1.43. The molecule has 8 heteroatoms. The molecule has 1 saturated carbocycles. The largest absolute Gasteiger partial charge is 0.388 e. The lowest BCUT2D eigenvalue weighted by Gasteiger charge is -2.32. The topological polar surface area (TPSA) is 128 Å². The maximum absolute atomic E-state index is 11.7. The number of rotatable bonds is 5. The summed E-state index contributed by atoms with van der Waals surface area (Å²) < 4.78 is 10.6. The van der Waals surface area contributed by atoms with Gasteiger partial charge in [0, 0.05) is 17.0 Å². The van der Waals surface area contributed by atoms with Crippen molar-refractivity contribution in [3.05, 3.63) is 53.3 Å². The molecule has 0 bridgehead atoms. The minimum absolute atomic E-state index is 0.0680. The first-order valence-electron chi connectivity index (χ1n) is 7.95. The van der Waals surface area contributed by atoms with E-state index in [1.165, 1.54) is 0 Å². The summed E-state index contributed by atoms with van der Waals surface area (Å²) in [5, 5.41) is 16.6. The van der Waals surface area contributed by atoms with Crippen LogP contribution in [0.3, 0.4) is 0 Å². The van der Waals surface area contributed by atoms with Gasteiger partial charge in [-0.25, -0.2) is 0 Å². The van der Waals surface area contributed by atoms with E-state index in [1.807, 2.05) is 30.3 Å². The number of aliphatic hydroxyl groups excluding tert-OH is 1. The van der Waals surface area contributed by atoms with Gasteiger partial charge in [0.2, 0.25) is 5.89 Å². The van der Waals surface area contributed by atoms with Crippen LogP contribution in [0.4, 0.5) is 0 Å². The molecule has 0 unspecified atom stereocenters. The van der Waals surface area contributed by atoms with Gasteiger partial charge in [0.1, 0.15) is 6.61 Å². The van der Waals surface area contributed by atoms with Gasteiger partial charge in [-0.3, -0.25) is 4.79 Å². The number of carbonyl (C=O) groups is 1. The lowest BCUT2D eigenvalue weighted by Crippen LogP contribution is -2.24. The number of amides is 1. The van der Waals surface area contributed by atoms with Crippen LogP contribution in [-0.4, -0.2) is 26.3 Å². The summed E-state index contributed by atoms with van der Waals surface area (Å²) in [5.41, 5.74) is 7.21. The summed E-state index contributed by atoms with van der Waals surface area (Å²) in [6.45, 7) is -0.255. The second-order valence-corrected chi connectivity index (χ2v) is 6.08. The highest BCUT2D eigenvalue weighted by Crippen LogP contribution is 2.50. The molecule has 0 saturated heterocycles. The number of hydrogen-bond acceptors (Lipinski definition) is 7. The van der Waals surface area contributed by atoms with Crippen LogP contribution in [-0.2, 0) is 6.61 Å². The van der Waals surface area contributed by atoms with Crippen LogP contribution in [0.1, 0.15) is 52.4 Å². The Morgan fingerprint density at radius 1 is 1.16 bits per heavy atom. The van der Waals surface area contributed by atoms with Crippen LogP contribution >= 0.6 is 0 Å². The van der Waals surface area contributed by atoms with E-state index < -0.39 is 5.91 Å². The predicted octanol–water partition coefficient (Wildman–Crippen LogP) is 1.98. The van der Waals surface area contributed by atoms with Crippen LogP contribution in [0.15, 0.2) is 39.4 Å². The third kappa shape index (κ3) is 2.70. The normalized spacial score (nSPS) is 19.6. The quantitative estimate of drug-likeness (QED) is 0.726. The Labute approximate surface area is 142 Å². The summed E-state index contributed by atoms with van der Waals surface area (Å²) in [7, 11) is 0. The molecule has 0 atom stereocenters. The fourth-order valence-corrected chi connectivity index (χ4v) is 3.20. The molecule has 128 valence electrons. The highest BCUT2D eigenvalue weighted by atomic mass is 16.5. The van der Waals surface area contributed by atoms with Gasteiger partial charge in [0.05, 0.1) is 0 Å². The van der Waals surface area contributed by atoms with Crippen molar-refractivity contribution in [1.29, 1.82) is 0 Å². The Kier molecular flexibility index (Phi) is 3.81. The average molecular weight is 340 g/mol. The fraction of sp³-hybridized carbons (Fsp3) is 0.294. The summed E-state index contributed by atoms with van der Waals surface area (Å²) in [4.78, 5) is 15.9. The van der Waals surface area contributed by atoms with E-state index in [4.69, 9.17) is 19.9 Å². The lowest BCUT2D eigenvalue weighted by molar-refractivity contribution is 0.0989. The van der Waals surface area contributed by atoms with Crippen molar-refractivity contribution in [3.63, 3.8) is 0 Å². The number of hydrogen-bond donors (Lipinski definition) is 2. The smallest absolute Gasteiger partial charge is 0.271 e. The van der Waals surface area contributed by atoms with Crippen molar-refractivity contribution in [2.45, 2.75) is 31.3 Å². The summed E-state index contributed by atoms with van der Waals surface area (Å²) in [6, 6.07) is 9.49. The first-order chi connectivity index (χ1) is 12.2. The van der Waals surface area contributed by atoms with Crippen LogP contribution in [0.2, 0.25) is 0 Å². The molecule has 1 aliphatic rings. The van der Waals surface area contributed by atoms with Gasteiger partial charge in [0.15, 0.2) is 17.3 Å². The molecule has 1 fully saturated rings.